The number of rotatable bonds is 6. The molecule has 0 radical (unpaired) electrons. The molecule has 0 saturated carbocycles. The van der Waals surface area contributed by atoms with Crippen molar-refractivity contribution >= 4 is 64.7 Å². The fraction of sp³-hybridized carbons (Fsp3) is 0.371. The van der Waals surface area contributed by atoms with Crippen LogP contribution in [0.3, 0.4) is 0 Å². The van der Waals surface area contributed by atoms with Crippen molar-refractivity contribution in [2.75, 3.05) is 13.7 Å². The van der Waals surface area contributed by atoms with Gasteiger partial charge in [-0.3, -0.25) is 9.59 Å². The standard InChI is InChI=1S/C35H38N5O3.Mg/c1-8-11-21-22(15-36)28-13-24-17(5)19(9-2)26(38-24)12-23-16(4)20(10-3)27(37-23)14-25-18(6)29-33(39-25)30(32(21)40-28)31(34(29)41)35(42)43-7;/h9,12-14,21-22,31H,2,8,10-11,15,36H2,1,3-7H3,(H-,39,40,41);/q-3;+2/p-1/b23-12-,27-14-,28-13-;/t21-,22-,31+;/m0./s1. The molecule has 8 nitrogen and oxygen atoms in total. The molecule has 0 aromatic carbocycles. The Hall–Kier alpha value is -3.53. The minimum absolute atomic E-state index is 0. The number of ketones is 1. The predicted molar refractivity (Wildman–Crippen MR) is 174 cm³/mol. The molecule has 224 valence electrons. The van der Waals surface area contributed by atoms with E-state index in [1.54, 1.807) is 0 Å². The van der Waals surface area contributed by atoms with Crippen LogP contribution in [-0.2, 0) is 16.0 Å². The number of nitrogens with zero attached hydrogens (tertiary/aromatic N) is 4. The van der Waals surface area contributed by atoms with Gasteiger partial charge in [-0.25, -0.2) is 0 Å². The van der Waals surface area contributed by atoms with E-state index in [1.165, 1.54) is 7.11 Å². The Morgan fingerprint density at radius 2 is 1.68 bits per heavy atom. The Balaban J connectivity index is 0.00000384. The van der Waals surface area contributed by atoms with Gasteiger partial charge in [-0.2, -0.15) is 11.4 Å². The molecule has 8 bridgehead atoms. The predicted octanol–water partition coefficient (Wildman–Crippen LogP) is 3.40. The van der Waals surface area contributed by atoms with Crippen molar-refractivity contribution in [3.63, 3.8) is 0 Å². The number of hydrogen-bond donors (Lipinski definition) is 1. The molecular weight excluding hydrogens is 563 g/mol. The van der Waals surface area contributed by atoms with Crippen molar-refractivity contribution < 1.29 is 14.3 Å². The van der Waals surface area contributed by atoms with E-state index in [1.807, 2.05) is 38.2 Å². The quantitative estimate of drug-likeness (QED) is 0.261. The van der Waals surface area contributed by atoms with E-state index in [4.69, 9.17) is 30.7 Å². The summed E-state index contributed by atoms with van der Waals surface area (Å²) in [6, 6.07) is 0. The van der Waals surface area contributed by atoms with Crippen LogP contribution in [0.4, 0.5) is 0 Å². The maximum atomic E-state index is 14.0. The first-order valence-corrected chi connectivity index (χ1v) is 15.0. The van der Waals surface area contributed by atoms with Gasteiger partial charge in [-0.15, -0.1) is 33.5 Å². The number of Topliss-reactive ketones (excluding diaryl/α,β-unsaturated/α-hetero) is 1. The van der Waals surface area contributed by atoms with Crippen LogP contribution in [-0.4, -0.2) is 48.5 Å². The maximum Gasteiger partial charge on any atom is 2.00 e. The second kappa shape index (κ2) is 12.1. The van der Waals surface area contributed by atoms with Crippen LogP contribution < -0.4 is 31.4 Å². The number of allylic oxidation sites excluding steroid dienone is 1. The number of hydrogen-bond acceptors (Lipinski definition) is 4. The van der Waals surface area contributed by atoms with Gasteiger partial charge in [0, 0.05) is 5.56 Å². The van der Waals surface area contributed by atoms with Gasteiger partial charge in [-0.05, 0) is 57.6 Å². The summed E-state index contributed by atoms with van der Waals surface area (Å²) in [6.45, 7) is 14.7. The Morgan fingerprint density at radius 3 is 2.32 bits per heavy atom. The molecule has 3 aromatic rings. The molecule has 6 rings (SSSR count). The number of ether oxygens (including phenoxy) is 1. The van der Waals surface area contributed by atoms with Gasteiger partial charge in [0.05, 0.1) is 7.11 Å². The Morgan fingerprint density at radius 1 is 0.977 bits per heavy atom. The molecule has 0 amide bonds. The molecule has 0 spiro atoms. The summed E-state index contributed by atoms with van der Waals surface area (Å²) in [7, 11) is 1.31. The van der Waals surface area contributed by atoms with Crippen LogP contribution in [0.2, 0.25) is 0 Å². The fourth-order valence-corrected chi connectivity index (χ4v) is 7.11. The number of fused-ring (bicyclic) bond motifs is 7. The smallest absolute Gasteiger partial charge is 0.664 e. The minimum atomic E-state index is -1.12. The third kappa shape index (κ3) is 4.68. The van der Waals surface area contributed by atoms with Gasteiger partial charge in [0.25, 0.3) is 0 Å². The topological polar surface area (TPSA) is 126 Å². The summed E-state index contributed by atoms with van der Waals surface area (Å²) in [6.07, 6.45) is 10.3. The van der Waals surface area contributed by atoms with Crippen LogP contribution in [0, 0.1) is 38.5 Å². The van der Waals surface area contributed by atoms with Crippen molar-refractivity contribution in [3.05, 3.63) is 90.1 Å². The molecule has 3 aromatic heterocycles. The summed E-state index contributed by atoms with van der Waals surface area (Å²) in [4.78, 5) is 42.3. The number of aromatic nitrogens is 3. The minimum Gasteiger partial charge on any atom is -0.664 e. The zero-order chi connectivity index (χ0) is 30.7. The normalized spacial score (nSPS) is 24.4. The molecule has 1 fully saturated rings. The van der Waals surface area contributed by atoms with Crippen LogP contribution in [0.5, 0.6) is 0 Å². The van der Waals surface area contributed by atoms with E-state index < -0.39 is 11.9 Å². The molecule has 1 aliphatic carbocycles. The van der Waals surface area contributed by atoms with Gasteiger partial charge in [0.1, 0.15) is 5.92 Å². The molecule has 3 aliphatic rings. The first-order valence-electron chi connectivity index (χ1n) is 15.0. The van der Waals surface area contributed by atoms with Gasteiger partial charge in [0.2, 0.25) is 0 Å². The summed E-state index contributed by atoms with van der Waals surface area (Å²) in [5.41, 5.74) is 16.5. The van der Waals surface area contributed by atoms with Gasteiger partial charge in [0.15, 0.2) is 5.78 Å². The molecule has 2 N–H and O–H groups in total. The van der Waals surface area contributed by atoms with E-state index in [2.05, 4.69) is 27.4 Å². The Bertz CT molecular complexity index is 1880. The van der Waals surface area contributed by atoms with Gasteiger partial charge >= 0.3 is 29.0 Å². The van der Waals surface area contributed by atoms with E-state index in [9.17, 15) is 9.59 Å². The summed E-state index contributed by atoms with van der Waals surface area (Å²) in [5, 5.41) is 6.82. The molecule has 5 heterocycles. The van der Waals surface area contributed by atoms with Crippen molar-refractivity contribution in [1.82, 2.24) is 15.0 Å². The van der Waals surface area contributed by atoms with Crippen LogP contribution in [0.15, 0.2) is 18.0 Å². The molecule has 3 atom stereocenters. The number of esters is 1. The van der Waals surface area contributed by atoms with E-state index >= 15 is 0 Å². The molecule has 1 saturated heterocycles. The third-order valence-electron chi connectivity index (χ3n) is 9.39. The molecule has 9 heteroatoms. The number of nitrogens with two attached hydrogens (primary N) is 1. The van der Waals surface area contributed by atoms with Crippen LogP contribution >= 0.6 is 0 Å². The maximum absolute atomic E-state index is 14.0. The second-order valence-corrected chi connectivity index (χ2v) is 11.6. The van der Waals surface area contributed by atoms with E-state index in [0.29, 0.717) is 34.8 Å². The van der Waals surface area contributed by atoms with Crippen molar-refractivity contribution in [2.45, 2.75) is 53.9 Å². The van der Waals surface area contributed by atoms with Crippen molar-refractivity contribution in [1.29, 1.82) is 0 Å². The monoisotopic (exact) mass is 599 g/mol. The first kappa shape index (κ1) is 31.9. The van der Waals surface area contributed by atoms with Crippen molar-refractivity contribution in [2.24, 2.45) is 23.5 Å². The van der Waals surface area contributed by atoms with Crippen molar-refractivity contribution in [3.8, 4) is 0 Å². The molecule has 44 heavy (non-hydrogen) atoms. The average Bonchev–Trinajstić information content (AvgIpc) is 3.73. The number of methoxy groups -OCH3 is 1. The summed E-state index contributed by atoms with van der Waals surface area (Å²) < 4.78 is 5.17. The molecule has 2 aliphatic heterocycles. The zero-order valence-corrected chi connectivity index (χ0v) is 27.8. The fourth-order valence-electron chi connectivity index (χ4n) is 7.11. The van der Waals surface area contributed by atoms with Gasteiger partial charge < -0.3 is 30.7 Å². The molecular formula is C35H37MgN5O3-2. The SMILES string of the molecule is C=Cc1c2[n-]c(c1C)/C=C1\[N-]/C(=C3\c4[n-]c(c(C)c4C(=O)[C@@H]3C(=O)OC)/C=c3\[n-]/c(c(C)c3CC)=C\2)[C@@H](CCC)[C@@H]1CN.[Mg+2]. The second-order valence-electron chi connectivity index (χ2n) is 11.6. The summed E-state index contributed by atoms with van der Waals surface area (Å²) in [5.74, 6) is -2.22. The Labute approximate surface area is 274 Å². The first-order chi connectivity index (χ1) is 20.7. The van der Waals surface area contributed by atoms with E-state index in [-0.39, 0.29) is 40.7 Å². The summed E-state index contributed by atoms with van der Waals surface area (Å²) >= 11 is 0. The number of carbonyl (C=O) groups is 2. The number of carbonyl (C=O) groups excluding carboxylic acids is 2. The Kier molecular flexibility index (Phi) is 8.77. The van der Waals surface area contributed by atoms with Crippen LogP contribution in [0.1, 0.15) is 87.6 Å². The largest absolute Gasteiger partial charge is 2.00 e. The molecule has 0 unspecified atom stereocenters. The van der Waals surface area contributed by atoms with Crippen LogP contribution in [0.25, 0.3) is 35.2 Å². The zero-order valence-electron chi connectivity index (χ0n) is 26.4. The third-order valence-corrected chi connectivity index (χ3v) is 9.39. The van der Waals surface area contributed by atoms with Gasteiger partial charge in [-0.1, -0.05) is 79.0 Å². The van der Waals surface area contributed by atoms with E-state index in [0.717, 1.165) is 74.9 Å². The average molecular weight is 600 g/mol.